The summed E-state index contributed by atoms with van der Waals surface area (Å²) in [5, 5.41) is 18.8. The van der Waals surface area contributed by atoms with Gasteiger partial charge in [-0.05, 0) is 77.6 Å². The van der Waals surface area contributed by atoms with Crippen molar-refractivity contribution in [3.8, 4) is 0 Å². The van der Waals surface area contributed by atoms with E-state index in [0.29, 0.717) is 3.57 Å². The molecule has 0 amide bonds. The van der Waals surface area contributed by atoms with E-state index in [1.165, 1.54) is 12.1 Å². The molecule has 1 fully saturated rings. The summed E-state index contributed by atoms with van der Waals surface area (Å²) < 4.78 is 71.5. The molecule has 3 rings (SSSR count). The summed E-state index contributed by atoms with van der Waals surface area (Å²) in [4.78, 5) is 0. The van der Waals surface area contributed by atoms with Crippen LogP contribution in [0.15, 0.2) is 24.3 Å². The van der Waals surface area contributed by atoms with Crippen LogP contribution in [-0.4, -0.2) is 36.1 Å². The number of hydrogen-bond acceptors (Lipinski definition) is 4. The number of aliphatic hydroxyl groups excluding tert-OH is 2. The maximum absolute atomic E-state index is 14.8. The van der Waals surface area contributed by atoms with Gasteiger partial charge in [-0.25, -0.2) is 21.6 Å². The van der Waals surface area contributed by atoms with Crippen LogP contribution in [0.25, 0.3) is 0 Å². The highest BCUT2D eigenvalue weighted by Gasteiger charge is 2.55. The van der Waals surface area contributed by atoms with Crippen LogP contribution >= 0.6 is 22.6 Å². The Hall–Kier alpha value is -1.37. The summed E-state index contributed by atoms with van der Waals surface area (Å²) in [6, 6.07) is 5.26. The Morgan fingerprint density at radius 1 is 1.16 bits per heavy atom. The van der Waals surface area contributed by atoms with Crippen LogP contribution in [0, 0.1) is 21.0 Å². The predicted octanol–water partition coefficient (Wildman–Crippen LogP) is 3.88. The fourth-order valence-corrected chi connectivity index (χ4v) is 5.87. The summed E-state index contributed by atoms with van der Waals surface area (Å²) in [5.41, 5.74) is -0.0469. The first kappa shape index (κ1) is 24.3. The smallest absolute Gasteiger partial charge is 0.238 e. The molecule has 0 radical (unpaired) electrons. The predicted molar refractivity (Wildman–Crippen MR) is 120 cm³/mol. The third kappa shape index (κ3) is 5.01. The molecule has 1 aliphatic rings. The fraction of sp³-hybridized carbons (Fsp3) is 0.429. The minimum absolute atomic E-state index is 0.101. The summed E-state index contributed by atoms with van der Waals surface area (Å²) >= 11 is 1.93. The lowest BCUT2D eigenvalue weighted by Gasteiger charge is -2.23. The van der Waals surface area contributed by atoms with Crippen molar-refractivity contribution in [3.63, 3.8) is 0 Å². The van der Waals surface area contributed by atoms with Gasteiger partial charge in [-0.1, -0.05) is 13.0 Å². The summed E-state index contributed by atoms with van der Waals surface area (Å²) in [5.74, 6) is -2.99. The van der Waals surface area contributed by atoms with E-state index in [0.717, 1.165) is 6.07 Å². The molecule has 1 atom stereocenters. The zero-order valence-electron chi connectivity index (χ0n) is 16.8. The lowest BCUT2D eigenvalue weighted by molar-refractivity contribution is 0.0858. The Labute approximate surface area is 192 Å². The van der Waals surface area contributed by atoms with Crippen LogP contribution < -0.4 is 4.72 Å². The van der Waals surface area contributed by atoms with Crippen molar-refractivity contribution in [2.75, 3.05) is 11.3 Å². The van der Waals surface area contributed by atoms with E-state index < -0.39 is 44.9 Å². The van der Waals surface area contributed by atoms with Crippen LogP contribution in [0.2, 0.25) is 0 Å². The summed E-state index contributed by atoms with van der Waals surface area (Å²) in [6.45, 7) is 1.09. The first-order valence-corrected chi connectivity index (χ1v) is 12.3. The lowest BCUT2D eigenvalue weighted by Crippen LogP contribution is -2.35. The minimum Gasteiger partial charge on any atom is -0.394 e. The van der Waals surface area contributed by atoms with Crippen LogP contribution in [-0.2, 0) is 22.9 Å². The third-order valence-corrected chi connectivity index (χ3v) is 8.45. The number of aryl methyl sites for hydroxylation is 1. The summed E-state index contributed by atoms with van der Waals surface area (Å²) in [6.07, 6.45) is -0.982. The van der Waals surface area contributed by atoms with Gasteiger partial charge in [0.2, 0.25) is 10.0 Å². The molecule has 2 aromatic carbocycles. The monoisotopic (exact) mass is 569 g/mol. The van der Waals surface area contributed by atoms with Crippen molar-refractivity contribution >= 4 is 38.3 Å². The number of aliphatic hydroxyl groups is 2. The third-order valence-electron chi connectivity index (χ3n) is 5.59. The molecule has 0 aliphatic heterocycles. The van der Waals surface area contributed by atoms with E-state index in [-0.39, 0.29) is 54.5 Å². The van der Waals surface area contributed by atoms with Crippen LogP contribution in [0.5, 0.6) is 0 Å². The van der Waals surface area contributed by atoms with Gasteiger partial charge in [0.1, 0.15) is 5.82 Å². The van der Waals surface area contributed by atoms with Gasteiger partial charge in [-0.3, -0.25) is 4.72 Å². The van der Waals surface area contributed by atoms with E-state index in [1.54, 1.807) is 13.0 Å². The Morgan fingerprint density at radius 2 is 1.84 bits per heavy atom. The van der Waals surface area contributed by atoms with Crippen molar-refractivity contribution in [2.45, 2.75) is 49.9 Å². The second-order valence-electron chi connectivity index (χ2n) is 7.78. The zero-order valence-corrected chi connectivity index (χ0v) is 19.7. The van der Waals surface area contributed by atoms with Gasteiger partial charge in [0.15, 0.2) is 11.6 Å². The Morgan fingerprint density at radius 3 is 2.39 bits per heavy atom. The average molecular weight is 569 g/mol. The van der Waals surface area contributed by atoms with Gasteiger partial charge in [-0.2, -0.15) is 0 Å². The topological polar surface area (TPSA) is 86.6 Å². The molecule has 1 saturated carbocycles. The number of anilines is 1. The minimum atomic E-state index is -4.11. The normalized spacial score (nSPS) is 16.2. The van der Waals surface area contributed by atoms with Crippen LogP contribution in [0.3, 0.4) is 0 Å². The van der Waals surface area contributed by atoms with Gasteiger partial charge >= 0.3 is 0 Å². The number of rotatable bonds is 9. The molecule has 3 N–H and O–H groups in total. The van der Waals surface area contributed by atoms with Gasteiger partial charge in [-0.15, -0.1) is 0 Å². The molecule has 5 nitrogen and oxygen atoms in total. The lowest BCUT2D eigenvalue weighted by atomic mass is 9.98. The molecule has 2 aromatic rings. The molecule has 1 unspecified atom stereocenters. The summed E-state index contributed by atoms with van der Waals surface area (Å²) in [7, 11) is -4.11. The van der Waals surface area contributed by atoms with Crippen molar-refractivity contribution in [2.24, 2.45) is 0 Å². The molecule has 0 spiro atoms. The highest BCUT2D eigenvalue weighted by Crippen LogP contribution is 2.48. The van der Waals surface area contributed by atoms with Crippen molar-refractivity contribution in [3.05, 3.63) is 62.0 Å². The first-order valence-electron chi connectivity index (χ1n) is 9.78. The van der Waals surface area contributed by atoms with E-state index in [2.05, 4.69) is 4.72 Å². The molecule has 31 heavy (non-hydrogen) atoms. The van der Waals surface area contributed by atoms with Gasteiger partial charge in [0, 0.05) is 15.6 Å². The Bertz CT molecular complexity index is 1090. The number of hydrogen-bond donors (Lipinski definition) is 3. The Balaban J connectivity index is 2.06. The standard InChI is InChI=1S/C21H23F3INO4S/c1-2-12-8-18(23)19(24)16(7-13-3-4-14(25)9-17(13)22)20(12)26-31(29,30)21(5-6-21)10-15(28)11-27/h3-4,8-9,15,26-28H,2,5-7,10-11H2,1H3. The van der Waals surface area contributed by atoms with Crippen LogP contribution in [0.1, 0.15) is 42.9 Å². The van der Waals surface area contributed by atoms with Gasteiger partial charge in [0.05, 0.1) is 23.1 Å². The largest absolute Gasteiger partial charge is 0.394 e. The van der Waals surface area contributed by atoms with Crippen molar-refractivity contribution < 1.29 is 31.8 Å². The number of nitrogens with one attached hydrogen (secondary N) is 1. The first-order chi connectivity index (χ1) is 14.5. The van der Waals surface area contributed by atoms with E-state index in [9.17, 15) is 26.7 Å². The molecule has 10 heteroatoms. The van der Waals surface area contributed by atoms with Gasteiger partial charge in [0.25, 0.3) is 0 Å². The molecule has 1 aliphatic carbocycles. The van der Waals surface area contributed by atoms with Crippen LogP contribution in [0.4, 0.5) is 18.9 Å². The average Bonchev–Trinajstić information content (AvgIpc) is 3.50. The zero-order chi connectivity index (χ0) is 23.0. The molecule has 0 saturated heterocycles. The highest BCUT2D eigenvalue weighted by atomic mass is 127. The highest BCUT2D eigenvalue weighted by molar-refractivity contribution is 14.1. The fourth-order valence-electron chi connectivity index (χ4n) is 3.62. The van der Waals surface area contributed by atoms with Gasteiger partial charge < -0.3 is 10.2 Å². The van der Waals surface area contributed by atoms with E-state index in [4.69, 9.17) is 5.11 Å². The molecular weight excluding hydrogens is 546 g/mol. The maximum Gasteiger partial charge on any atom is 0.238 e. The molecule has 0 aromatic heterocycles. The quantitative estimate of drug-likeness (QED) is 0.401. The second-order valence-corrected chi connectivity index (χ2v) is 11.1. The number of halogens is 4. The SMILES string of the molecule is CCc1cc(F)c(F)c(Cc2ccc(I)cc2F)c1NS(=O)(=O)C1(CC(O)CO)CC1. The van der Waals surface area contributed by atoms with Crippen molar-refractivity contribution in [1.82, 2.24) is 0 Å². The maximum atomic E-state index is 14.8. The Kier molecular flexibility index (Phi) is 7.24. The number of benzene rings is 2. The van der Waals surface area contributed by atoms with E-state index in [1.807, 2.05) is 22.6 Å². The molecular formula is C21H23F3INO4S. The number of sulfonamides is 1. The van der Waals surface area contributed by atoms with E-state index >= 15 is 0 Å². The second kappa shape index (κ2) is 9.24. The molecule has 0 bridgehead atoms. The molecule has 0 heterocycles. The molecule has 170 valence electrons. The van der Waals surface area contributed by atoms with Crippen molar-refractivity contribution in [1.29, 1.82) is 0 Å².